The van der Waals surface area contributed by atoms with Gasteiger partial charge in [0.2, 0.25) is 0 Å². The van der Waals surface area contributed by atoms with E-state index in [4.69, 9.17) is 0 Å². The van der Waals surface area contributed by atoms with Crippen molar-refractivity contribution in [3.8, 4) is 66.8 Å². The van der Waals surface area contributed by atoms with Crippen LogP contribution in [0.4, 0.5) is 13.2 Å². The Bertz CT molecular complexity index is 2420. The number of pyridine rings is 2. The summed E-state index contributed by atoms with van der Waals surface area (Å²) in [6, 6.07) is 34.6. The lowest BCUT2D eigenvalue weighted by Gasteiger charge is -2.23. The molecule has 5 aromatic carbocycles. The molecule has 0 fully saturated rings. The Balaban J connectivity index is 1.61. The number of nitrogens with zero attached hydrogens (tertiary/aromatic N) is 2. The Morgan fingerprint density at radius 2 is 0.784 bits per heavy atom. The van der Waals surface area contributed by atoms with Crippen LogP contribution < -0.4 is 0 Å². The second-order valence-corrected chi connectivity index (χ2v) is 13.2. The van der Waals surface area contributed by atoms with Crippen molar-refractivity contribution in [1.29, 1.82) is 0 Å². The van der Waals surface area contributed by atoms with Crippen molar-refractivity contribution in [1.82, 2.24) is 9.97 Å². The highest BCUT2D eigenvalue weighted by Crippen LogP contribution is 2.48. The Labute approximate surface area is 297 Å². The predicted molar refractivity (Wildman–Crippen MR) is 203 cm³/mol. The van der Waals surface area contributed by atoms with Crippen molar-refractivity contribution < 1.29 is 13.2 Å². The van der Waals surface area contributed by atoms with Gasteiger partial charge >= 0.3 is 6.18 Å². The second-order valence-electron chi connectivity index (χ2n) is 13.2. The molecule has 0 saturated carbocycles. The summed E-state index contributed by atoms with van der Waals surface area (Å²) in [6.07, 6.45) is 2.69. The van der Waals surface area contributed by atoms with Gasteiger partial charge in [-0.05, 0) is 161 Å². The normalized spacial score (nSPS) is 11.5. The molecule has 0 aliphatic rings. The number of halogens is 3. The number of aromatic nitrogens is 2. The fourth-order valence-electron chi connectivity index (χ4n) is 7.02. The van der Waals surface area contributed by atoms with Crippen LogP contribution in [0.25, 0.3) is 66.8 Å². The summed E-state index contributed by atoms with van der Waals surface area (Å²) in [6.45, 7) is 10.2. The zero-order valence-corrected chi connectivity index (χ0v) is 29.2. The summed E-state index contributed by atoms with van der Waals surface area (Å²) in [5.41, 5.74) is 14.5. The molecular weight excluding hydrogens is 638 g/mol. The maximum Gasteiger partial charge on any atom is 0.417 e. The summed E-state index contributed by atoms with van der Waals surface area (Å²) in [5.74, 6) is 0. The van der Waals surface area contributed by atoms with Gasteiger partial charge in [0.25, 0.3) is 0 Å². The first-order chi connectivity index (χ1) is 24.5. The molecule has 0 radical (unpaired) electrons. The third kappa shape index (κ3) is 6.48. The molecule has 51 heavy (non-hydrogen) atoms. The number of rotatable bonds is 6. The number of hydrogen-bond donors (Lipinski definition) is 0. The molecule has 0 aliphatic heterocycles. The average Bonchev–Trinajstić information content (AvgIpc) is 3.12. The van der Waals surface area contributed by atoms with Crippen molar-refractivity contribution in [2.75, 3.05) is 0 Å². The molecule has 0 aliphatic carbocycles. The van der Waals surface area contributed by atoms with Gasteiger partial charge in [-0.2, -0.15) is 13.2 Å². The Hall–Kier alpha value is -5.81. The van der Waals surface area contributed by atoms with Crippen molar-refractivity contribution in [2.45, 2.75) is 40.8 Å². The number of alkyl halides is 3. The van der Waals surface area contributed by atoms with Crippen molar-refractivity contribution >= 4 is 0 Å². The van der Waals surface area contributed by atoms with Gasteiger partial charge in [-0.1, -0.05) is 66.7 Å². The van der Waals surface area contributed by atoms with Gasteiger partial charge in [0, 0.05) is 35.9 Å². The standard InChI is InChI=1S/C46H37F3N2/c1-28-10-6-7-11-35(28)39-24-42(38-23-34(17-15-30(38)3)44-27-51-21-19-32(44)5)40(36-12-8-9-13-45(36)46(47,48)49)25-41(39)37-22-33(16-14-29(37)2)43-26-50-20-18-31(43)4/h6-27H,1-5H3. The van der Waals surface area contributed by atoms with Gasteiger partial charge < -0.3 is 0 Å². The van der Waals surface area contributed by atoms with Crippen LogP contribution in [0.3, 0.4) is 0 Å². The lowest BCUT2D eigenvalue weighted by molar-refractivity contribution is -0.137. The molecule has 7 rings (SSSR count). The highest BCUT2D eigenvalue weighted by molar-refractivity contribution is 5.98. The number of benzene rings is 5. The highest BCUT2D eigenvalue weighted by atomic mass is 19.4. The first kappa shape index (κ1) is 33.7. The Morgan fingerprint density at radius 3 is 1.27 bits per heavy atom. The molecule has 0 atom stereocenters. The average molecular weight is 675 g/mol. The van der Waals surface area contributed by atoms with E-state index in [1.165, 1.54) is 12.1 Å². The number of aryl methyl sites for hydroxylation is 5. The summed E-state index contributed by atoms with van der Waals surface area (Å²) in [7, 11) is 0. The predicted octanol–water partition coefficient (Wildman–Crippen LogP) is 13.0. The van der Waals surface area contributed by atoms with E-state index < -0.39 is 11.7 Å². The second kappa shape index (κ2) is 13.5. The third-order valence-corrected chi connectivity index (χ3v) is 9.87. The first-order valence-corrected chi connectivity index (χ1v) is 17.0. The van der Waals surface area contributed by atoms with Crippen LogP contribution in [0.1, 0.15) is 33.4 Å². The Morgan fingerprint density at radius 1 is 0.373 bits per heavy atom. The highest BCUT2D eigenvalue weighted by Gasteiger charge is 2.34. The van der Waals surface area contributed by atoms with Crippen LogP contribution in [-0.4, -0.2) is 9.97 Å². The minimum Gasteiger partial charge on any atom is -0.264 e. The van der Waals surface area contributed by atoms with Crippen LogP contribution in [0.2, 0.25) is 0 Å². The van der Waals surface area contributed by atoms with Crippen molar-refractivity contribution in [3.05, 3.63) is 167 Å². The molecule has 252 valence electrons. The fourth-order valence-corrected chi connectivity index (χ4v) is 7.02. The molecule has 0 N–H and O–H groups in total. The largest absolute Gasteiger partial charge is 0.417 e. The molecule has 0 unspecified atom stereocenters. The van der Waals surface area contributed by atoms with Crippen molar-refractivity contribution in [3.63, 3.8) is 0 Å². The van der Waals surface area contributed by atoms with E-state index in [-0.39, 0.29) is 5.56 Å². The molecule has 2 heterocycles. The van der Waals surface area contributed by atoms with Gasteiger partial charge in [0.15, 0.2) is 0 Å². The maximum atomic E-state index is 14.8. The fraction of sp³-hybridized carbons (Fsp3) is 0.130. The first-order valence-electron chi connectivity index (χ1n) is 17.0. The van der Waals surface area contributed by atoms with E-state index in [1.807, 2.05) is 62.6 Å². The Kier molecular flexibility index (Phi) is 8.90. The van der Waals surface area contributed by atoms with Crippen LogP contribution in [0.5, 0.6) is 0 Å². The summed E-state index contributed by atoms with van der Waals surface area (Å²) in [4.78, 5) is 8.76. The molecule has 0 saturated heterocycles. The van der Waals surface area contributed by atoms with Crippen LogP contribution in [-0.2, 0) is 6.18 Å². The topological polar surface area (TPSA) is 25.8 Å². The molecule has 5 heteroatoms. The molecule has 2 aromatic heterocycles. The lowest BCUT2D eigenvalue weighted by atomic mass is 9.81. The minimum atomic E-state index is -4.56. The van der Waals surface area contributed by atoms with Gasteiger partial charge in [0.05, 0.1) is 5.56 Å². The zero-order chi connectivity index (χ0) is 35.9. The van der Waals surface area contributed by atoms with Crippen LogP contribution in [0, 0.1) is 34.6 Å². The van der Waals surface area contributed by atoms with E-state index >= 15 is 0 Å². The van der Waals surface area contributed by atoms with Crippen molar-refractivity contribution in [2.24, 2.45) is 0 Å². The van der Waals surface area contributed by atoms with Gasteiger partial charge in [-0.3, -0.25) is 9.97 Å². The molecule has 0 amide bonds. The summed E-state index contributed by atoms with van der Waals surface area (Å²) in [5, 5.41) is 0. The monoisotopic (exact) mass is 674 g/mol. The molecule has 0 bridgehead atoms. The van der Waals surface area contributed by atoms with Crippen LogP contribution >= 0.6 is 0 Å². The van der Waals surface area contributed by atoms with E-state index in [0.717, 1.165) is 83.5 Å². The lowest BCUT2D eigenvalue weighted by Crippen LogP contribution is -2.07. The quantitative estimate of drug-likeness (QED) is 0.175. The smallest absolute Gasteiger partial charge is 0.264 e. The van der Waals surface area contributed by atoms with E-state index in [9.17, 15) is 13.2 Å². The molecule has 7 aromatic rings. The summed E-state index contributed by atoms with van der Waals surface area (Å²) < 4.78 is 44.5. The maximum absolute atomic E-state index is 14.8. The van der Waals surface area contributed by atoms with E-state index in [1.54, 1.807) is 24.5 Å². The van der Waals surface area contributed by atoms with Gasteiger partial charge in [-0.25, -0.2) is 0 Å². The molecular formula is C46H37F3N2. The van der Waals surface area contributed by atoms with Gasteiger partial charge in [0.1, 0.15) is 0 Å². The van der Waals surface area contributed by atoms with Crippen LogP contribution in [0.15, 0.2) is 134 Å². The SMILES string of the molecule is Cc1ccncc1-c1ccc(C)c(-c2cc(-c3ccccc3C(F)(F)F)c(-c3cc(-c4cnccc4C)ccc3C)cc2-c2ccccc2C)c1. The van der Waals surface area contributed by atoms with E-state index in [2.05, 4.69) is 79.3 Å². The van der Waals surface area contributed by atoms with E-state index in [0.29, 0.717) is 5.56 Å². The minimum absolute atomic E-state index is 0.136. The third-order valence-electron chi connectivity index (χ3n) is 9.87. The zero-order valence-electron chi connectivity index (χ0n) is 29.2. The molecule has 2 nitrogen and oxygen atoms in total. The van der Waals surface area contributed by atoms with Gasteiger partial charge in [-0.15, -0.1) is 0 Å². The molecule has 0 spiro atoms. The number of hydrogen-bond acceptors (Lipinski definition) is 2. The summed E-state index contributed by atoms with van der Waals surface area (Å²) >= 11 is 0.